The van der Waals surface area contributed by atoms with E-state index in [4.69, 9.17) is 15.2 Å². The smallest absolute Gasteiger partial charge is 0.253 e. The summed E-state index contributed by atoms with van der Waals surface area (Å²) in [6.07, 6.45) is 0. The van der Waals surface area contributed by atoms with E-state index in [2.05, 4.69) is 11.2 Å². The fourth-order valence-corrected chi connectivity index (χ4v) is 2.52. The number of nitrogens with zero attached hydrogens (tertiary/aromatic N) is 3. The molecular formula is C20H20N4O2. The summed E-state index contributed by atoms with van der Waals surface area (Å²) in [6, 6.07) is 17.7. The van der Waals surface area contributed by atoms with E-state index in [9.17, 15) is 5.26 Å². The molecule has 0 saturated carbocycles. The molecule has 0 amide bonds. The minimum absolute atomic E-state index is 0.249. The summed E-state index contributed by atoms with van der Waals surface area (Å²) < 4.78 is 12.5. The van der Waals surface area contributed by atoms with Crippen molar-refractivity contribution >= 4 is 5.82 Å². The van der Waals surface area contributed by atoms with Crippen LogP contribution in [0.2, 0.25) is 0 Å². The molecule has 2 aromatic carbocycles. The van der Waals surface area contributed by atoms with Crippen molar-refractivity contribution in [2.24, 2.45) is 0 Å². The third kappa shape index (κ3) is 3.78. The molecule has 1 aromatic heterocycles. The summed E-state index contributed by atoms with van der Waals surface area (Å²) in [7, 11) is 1.62. The van der Waals surface area contributed by atoms with Crippen LogP contribution < -0.4 is 15.2 Å². The van der Waals surface area contributed by atoms with Gasteiger partial charge in [-0.2, -0.15) is 5.26 Å². The number of benzene rings is 2. The Morgan fingerprint density at radius 2 is 1.73 bits per heavy atom. The number of nitrogen functional groups attached to an aromatic ring is 1. The van der Waals surface area contributed by atoms with Gasteiger partial charge < -0.3 is 15.2 Å². The highest BCUT2D eigenvalue weighted by Crippen LogP contribution is 2.25. The lowest BCUT2D eigenvalue weighted by atomic mass is 10.2. The molecule has 132 valence electrons. The molecule has 0 atom stereocenters. The van der Waals surface area contributed by atoms with E-state index in [0.29, 0.717) is 19.0 Å². The Labute approximate surface area is 152 Å². The van der Waals surface area contributed by atoms with Gasteiger partial charge in [0.05, 0.1) is 13.7 Å². The fraction of sp³-hybridized carbons (Fsp3) is 0.200. The van der Waals surface area contributed by atoms with Crippen molar-refractivity contribution in [3.63, 3.8) is 0 Å². The second-order valence-electron chi connectivity index (χ2n) is 5.96. The van der Waals surface area contributed by atoms with Gasteiger partial charge in [0, 0.05) is 0 Å². The van der Waals surface area contributed by atoms with Crippen LogP contribution in [0.15, 0.2) is 48.5 Å². The van der Waals surface area contributed by atoms with Gasteiger partial charge in [-0.25, -0.2) is 4.68 Å². The molecule has 0 saturated heterocycles. The lowest BCUT2D eigenvalue weighted by Gasteiger charge is -2.05. The number of hydrogen-bond acceptors (Lipinski definition) is 5. The number of ether oxygens (including phenoxy) is 2. The van der Waals surface area contributed by atoms with Crippen LogP contribution in [0, 0.1) is 18.3 Å². The maximum Gasteiger partial charge on any atom is 0.253 e. The summed E-state index contributed by atoms with van der Waals surface area (Å²) in [6.45, 7) is 2.80. The number of nitriles is 1. The van der Waals surface area contributed by atoms with E-state index in [1.54, 1.807) is 11.8 Å². The van der Waals surface area contributed by atoms with Crippen LogP contribution in [0.1, 0.15) is 22.3 Å². The molecule has 0 unspecified atom stereocenters. The number of nitrogens with two attached hydrogens (primary N) is 1. The second-order valence-corrected chi connectivity index (χ2v) is 5.96. The molecule has 3 rings (SSSR count). The quantitative estimate of drug-likeness (QED) is 0.739. The Hall–Kier alpha value is -3.46. The van der Waals surface area contributed by atoms with Gasteiger partial charge in [-0.1, -0.05) is 42.0 Å². The average Bonchev–Trinajstić information content (AvgIpc) is 2.96. The molecule has 6 nitrogen and oxygen atoms in total. The number of anilines is 1. The molecule has 0 spiro atoms. The predicted molar refractivity (Wildman–Crippen MR) is 99.0 cm³/mol. The lowest BCUT2D eigenvalue weighted by molar-refractivity contribution is 0.289. The van der Waals surface area contributed by atoms with Crippen molar-refractivity contribution < 1.29 is 9.47 Å². The van der Waals surface area contributed by atoms with Crippen LogP contribution in [0.25, 0.3) is 0 Å². The molecule has 2 N–H and O–H groups in total. The Morgan fingerprint density at radius 1 is 1.08 bits per heavy atom. The van der Waals surface area contributed by atoms with Crippen molar-refractivity contribution in [2.75, 3.05) is 12.8 Å². The molecule has 0 radical (unpaired) electrons. The Morgan fingerprint density at radius 3 is 2.35 bits per heavy atom. The van der Waals surface area contributed by atoms with Gasteiger partial charge in [0.1, 0.15) is 24.2 Å². The highest BCUT2D eigenvalue weighted by atomic mass is 16.5. The van der Waals surface area contributed by atoms with E-state index in [1.807, 2.05) is 55.5 Å². The van der Waals surface area contributed by atoms with E-state index >= 15 is 0 Å². The first-order valence-electron chi connectivity index (χ1n) is 8.18. The first-order chi connectivity index (χ1) is 12.6. The van der Waals surface area contributed by atoms with E-state index in [1.165, 1.54) is 5.56 Å². The summed E-state index contributed by atoms with van der Waals surface area (Å²) in [5.74, 6) is 1.32. The van der Waals surface area contributed by atoms with Gasteiger partial charge in [0.15, 0.2) is 5.56 Å². The molecule has 26 heavy (non-hydrogen) atoms. The molecule has 1 heterocycles. The van der Waals surface area contributed by atoms with Crippen LogP contribution in [0.3, 0.4) is 0 Å². The molecule has 0 bridgehead atoms. The topological polar surface area (TPSA) is 86.1 Å². The van der Waals surface area contributed by atoms with Crippen LogP contribution in [0.4, 0.5) is 5.82 Å². The van der Waals surface area contributed by atoms with Gasteiger partial charge in [0.2, 0.25) is 0 Å². The SMILES string of the molecule is COc1ccc(Cn2nc(OCc3ccc(C)cc3)c(C#N)c2N)cc1. The van der Waals surface area contributed by atoms with Crippen LogP contribution in [0.5, 0.6) is 11.6 Å². The number of hydrogen-bond donors (Lipinski definition) is 1. The number of aromatic nitrogens is 2. The summed E-state index contributed by atoms with van der Waals surface area (Å²) in [5, 5.41) is 13.8. The van der Waals surface area contributed by atoms with Crippen LogP contribution in [-0.2, 0) is 13.2 Å². The van der Waals surface area contributed by atoms with Gasteiger partial charge in [-0.15, -0.1) is 5.10 Å². The zero-order valence-corrected chi connectivity index (χ0v) is 14.8. The molecular weight excluding hydrogens is 328 g/mol. The van der Waals surface area contributed by atoms with E-state index < -0.39 is 0 Å². The zero-order chi connectivity index (χ0) is 18.5. The van der Waals surface area contributed by atoms with Crippen molar-refractivity contribution in [1.29, 1.82) is 5.26 Å². The largest absolute Gasteiger partial charge is 0.497 e. The molecule has 6 heteroatoms. The highest BCUT2D eigenvalue weighted by molar-refractivity contribution is 5.55. The first-order valence-corrected chi connectivity index (χ1v) is 8.18. The highest BCUT2D eigenvalue weighted by Gasteiger charge is 2.17. The monoisotopic (exact) mass is 348 g/mol. The van der Waals surface area contributed by atoms with Gasteiger partial charge in [0.25, 0.3) is 5.88 Å². The maximum absolute atomic E-state index is 9.40. The maximum atomic E-state index is 9.40. The first kappa shape index (κ1) is 17.4. The van der Waals surface area contributed by atoms with E-state index in [-0.39, 0.29) is 11.4 Å². The number of rotatable bonds is 6. The van der Waals surface area contributed by atoms with Crippen molar-refractivity contribution in [3.05, 3.63) is 70.8 Å². The molecule has 0 aliphatic rings. The third-order valence-corrected chi connectivity index (χ3v) is 4.06. The molecule has 3 aromatic rings. The number of methoxy groups -OCH3 is 1. The predicted octanol–water partition coefficient (Wildman–Crippen LogP) is 3.28. The lowest BCUT2D eigenvalue weighted by Crippen LogP contribution is -2.06. The molecule has 0 aliphatic carbocycles. The van der Waals surface area contributed by atoms with Gasteiger partial charge in [-0.05, 0) is 30.2 Å². The normalized spacial score (nSPS) is 10.3. The minimum Gasteiger partial charge on any atom is -0.497 e. The second kappa shape index (κ2) is 7.62. The van der Waals surface area contributed by atoms with Crippen LogP contribution >= 0.6 is 0 Å². The number of aryl methyl sites for hydroxylation is 1. The standard InChI is InChI=1S/C20H20N4O2/c1-14-3-5-16(6-4-14)13-26-20-18(11-21)19(22)24(23-20)12-15-7-9-17(25-2)10-8-15/h3-10H,12-13,22H2,1-2H3. The van der Waals surface area contributed by atoms with Crippen molar-refractivity contribution in [3.8, 4) is 17.7 Å². The summed E-state index contributed by atoms with van der Waals surface area (Å²) in [5.41, 5.74) is 9.51. The minimum atomic E-state index is 0.249. The summed E-state index contributed by atoms with van der Waals surface area (Å²) in [4.78, 5) is 0. The van der Waals surface area contributed by atoms with Crippen LogP contribution in [-0.4, -0.2) is 16.9 Å². The fourth-order valence-electron chi connectivity index (χ4n) is 2.52. The van der Waals surface area contributed by atoms with Crippen molar-refractivity contribution in [2.45, 2.75) is 20.1 Å². The molecule has 0 aliphatic heterocycles. The van der Waals surface area contributed by atoms with Gasteiger partial charge in [-0.3, -0.25) is 0 Å². The Bertz CT molecular complexity index is 922. The third-order valence-electron chi connectivity index (χ3n) is 4.06. The Kier molecular flexibility index (Phi) is 5.09. The zero-order valence-electron chi connectivity index (χ0n) is 14.8. The average molecular weight is 348 g/mol. The van der Waals surface area contributed by atoms with E-state index in [0.717, 1.165) is 16.9 Å². The van der Waals surface area contributed by atoms with Crippen molar-refractivity contribution in [1.82, 2.24) is 9.78 Å². The summed E-state index contributed by atoms with van der Waals surface area (Å²) >= 11 is 0. The molecule has 0 fully saturated rings. The van der Waals surface area contributed by atoms with Gasteiger partial charge >= 0.3 is 0 Å². The Balaban J connectivity index is 1.77.